The molecule has 0 saturated heterocycles. The van der Waals surface area contributed by atoms with Crippen molar-refractivity contribution in [2.75, 3.05) is 13.2 Å². The van der Waals surface area contributed by atoms with Gasteiger partial charge in [-0.25, -0.2) is 13.8 Å². The summed E-state index contributed by atoms with van der Waals surface area (Å²) in [5.74, 6) is -1.88. The number of carbonyl (C=O) groups excluding carboxylic acids is 2. The van der Waals surface area contributed by atoms with Crippen LogP contribution in [0.5, 0.6) is 5.75 Å². The van der Waals surface area contributed by atoms with Crippen LogP contribution in [0.3, 0.4) is 0 Å². The maximum Gasteiger partial charge on any atom is 0.306 e. The van der Waals surface area contributed by atoms with Crippen LogP contribution in [0.4, 0.5) is 8.78 Å². The lowest BCUT2D eigenvalue weighted by Crippen LogP contribution is -2.48. The molecular formula is C33H35BrF2N2O6. The Labute approximate surface area is 263 Å². The van der Waals surface area contributed by atoms with E-state index < -0.39 is 40.8 Å². The molecule has 0 aromatic heterocycles. The molecule has 8 nitrogen and oxygen atoms in total. The predicted molar refractivity (Wildman–Crippen MR) is 164 cm³/mol. The number of rotatable bonds is 12. The number of nitrogens with zero attached hydrogens (tertiary/aromatic N) is 1. The number of hydrogen-bond donors (Lipinski definition) is 2. The topological polar surface area (TPSA) is 106 Å². The smallest absolute Gasteiger partial charge is 0.306 e. The molecule has 1 aliphatic rings. The Morgan fingerprint density at radius 3 is 2.32 bits per heavy atom. The molecule has 0 spiro atoms. The maximum atomic E-state index is 14.1. The molecule has 44 heavy (non-hydrogen) atoms. The van der Waals surface area contributed by atoms with E-state index in [0.29, 0.717) is 29.9 Å². The molecule has 3 aromatic rings. The van der Waals surface area contributed by atoms with E-state index in [9.17, 15) is 18.4 Å². The first kappa shape index (κ1) is 33.1. The zero-order chi connectivity index (χ0) is 31.9. The van der Waals surface area contributed by atoms with E-state index in [2.05, 4.69) is 21.2 Å². The van der Waals surface area contributed by atoms with Gasteiger partial charge in [-0.05, 0) is 86.8 Å². The quantitative estimate of drug-likeness (QED) is 0.176. The Kier molecular flexibility index (Phi) is 10.7. The van der Waals surface area contributed by atoms with E-state index in [1.54, 1.807) is 69.3 Å². The fourth-order valence-corrected chi connectivity index (χ4v) is 5.01. The first-order valence-corrected chi connectivity index (χ1v) is 15.0. The van der Waals surface area contributed by atoms with Crippen molar-refractivity contribution >= 4 is 33.7 Å². The van der Waals surface area contributed by atoms with Gasteiger partial charge in [0.05, 0.1) is 6.61 Å². The van der Waals surface area contributed by atoms with E-state index in [0.717, 1.165) is 22.7 Å². The maximum absolute atomic E-state index is 14.1. The first-order chi connectivity index (χ1) is 20.9. The van der Waals surface area contributed by atoms with Gasteiger partial charge in [0.25, 0.3) is 5.91 Å². The Balaban J connectivity index is 1.72. The van der Waals surface area contributed by atoms with Gasteiger partial charge in [-0.3, -0.25) is 9.59 Å². The van der Waals surface area contributed by atoms with Crippen LogP contribution in [-0.4, -0.2) is 47.2 Å². The van der Waals surface area contributed by atoms with Crippen LogP contribution in [0.15, 0.2) is 76.2 Å². The number of aliphatic imine (C=N–C) groups is 1. The number of nitrogens with one attached hydrogen (secondary N) is 1. The Bertz CT molecular complexity index is 1470. The average molecular weight is 674 g/mol. The van der Waals surface area contributed by atoms with E-state index in [1.165, 1.54) is 0 Å². The van der Waals surface area contributed by atoms with Crippen molar-refractivity contribution in [3.63, 3.8) is 0 Å². The second-order valence-electron chi connectivity index (χ2n) is 11.4. The molecule has 3 aromatic carbocycles. The molecule has 0 saturated carbocycles. The molecule has 0 radical (unpaired) electrons. The lowest BCUT2D eigenvalue weighted by atomic mass is 9.83. The normalized spacial score (nSPS) is 17.9. The van der Waals surface area contributed by atoms with Gasteiger partial charge < -0.3 is 24.6 Å². The van der Waals surface area contributed by atoms with E-state index in [1.807, 2.05) is 0 Å². The van der Waals surface area contributed by atoms with Crippen molar-refractivity contribution in [2.24, 2.45) is 4.99 Å². The van der Waals surface area contributed by atoms with Crippen LogP contribution in [0, 0.1) is 11.6 Å². The Hall–Kier alpha value is -3.83. The molecule has 0 aliphatic carbocycles. The second kappa shape index (κ2) is 14.3. The number of amides is 1. The number of hydrogen-bond acceptors (Lipinski definition) is 7. The van der Waals surface area contributed by atoms with Crippen LogP contribution in [0.1, 0.15) is 62.8 Å². The highest BCUT2D eigenvalue weighted by atomic mass is 79.9. The number of carbonyl (C=O) groups is 2. The molecular weight excluding hydrogens is 638 g/mol. The fraction of sp³-hybridized carbons (Fsp3) is 0.364. The third kappa shape index (κ3) is 8.63. The zero-order valence-corrected chi connectivity index (χ0v) is 26.3. The summed E-state index contributed by atoms with van der Waals surface area (Å²) < 4.78 is 46.1. The largest absolute Gasteiger partial charge is 0.494 e. The molecule has 0 fully saturated rings. The average Bonchev–Trinajstić information content (AvgIpc) is 3.35. The molecule has 4 rings (SSSR count). The van der Waals surface area contributed by atoms with E-state index in [4.69, 9.17) is 24.3 Å². The van der Waals surface area contributed by atoms with Gasteiger partial charge in [0, 0.05) is 42.1 Å². The fourth-order valence-electron chi connectivity index (χ4n) is 4.74. The standard InChI is InChI=1S/C33H35BrF2N2O6/c1-32(2,3)44-28(40)13-14-33(31(41)37-20-21-17-25(35)19-26(36)18-21)29(22-5-9-24(34)10-6-22)43-30(38-33)23-7-11-27(12-8-23)42-16-4-15-39/h5-12,17-19,29,39H,4,13-16,20H2,1-3H3,(H,37,41)/t29-,33-/m1/s1. The monoisotopic (exact) mass is 672 g/mol. The number of aliphatic hydroxyl groups is 1. The molecule has 0 bridgehead atoms. The van der Waals surface area contributed by atoms with Crippen molar-refractivity contribution in [1.82, 2.24) is 5.32 Å². The van der Waals surface area contributed by atoms with Crippen LogP contribution >= 0.6 is 15.9 Å². The highest BCUT2D eigenvalue weighted by Gasteiger charge is 2.53. The Morgan fingerprint density at radius 2 is 1.70 bits per heavy atom. The van der Waals surface area contributed by atoms with Crippen LogP contribution < -0.4 is 10.1 Å². The van der Waals surface area contributed by atoms with Crippen LogP contribution in [-0.2, 0) is 25.6 Å². The minimum atomic E-state index is -1.64. The Morgan fingerprint density at radius 1 is 1.05 bits per heavy atom. The highest BCUT2D eigenvalue weighted by molar-refractivity contribution is 9.10. The van der Waals surface area contributed by atoms with Gasteiger partial charge in [-0.1, -0.05) is 28.1 Å². The number of aliphatic hydroxyl groups excluding tert-OH is 1. The number of esters is 1. The minimum Gasteiger partial charge on any atom is -0.494 e. The molecule has 1 aliphatic heterocycles. The summed E-state index contributed by atoms with van der Waals surface area (Å²) in [6, 6.07) is 17.2. The molecule has 11 heteroatoms. The highest BCUT2D eigenvalue weighted by Crippen LogP contribution is 2.43. The summed E-state index contributed by atoms with van der Waals surface area (Å²) in [7, 11) is 0. The number of ether oxygens (including phenoxy) is 3. The molecule has 0 unspecified atom stereocenters. The summed E-state index contributed by atoms with van der Waals surface area (Å²) in [5, 5.41) is 11.8. The summed E-state index contributed by atoms with van der Waals surface area (Å²) in [5.41, 5.74) is -0.950. The number of halogens is 3. The third-order valence-electron chi connectivity index (χ3n) is 6.71. The number of benzene rings is 3. The van der Waals surface area contributed by atoms with Gasteiger partial charge in [0.1, 0.15) is 23.0 Å². The van der Waals surface area contributed by atoms with Crippen LogP contribution in [0.2, 0.25) is 0 Å². The third-order valence-corrected chi connectivity index (χ3v) is 7.24. The van der Waals surface area contributed by atoms with E-state index in [-0.39, 0.29) is 37.5 Å². The van der Waals surface area contributed by atoms with Crippen molar-refractivity contribution in [3.05, 3.63) is 99.5 Å². The van der Waals surface area contributed by atoms with Crippen molar-refractivity contribution in [2.45, 2.75) is 63.8 Å². The van der Waals surface area contributed by atoms with Crippen molar-refractivity contribution in [3.8, 4) is 5.75 Å². The van der Waals surface area contributed by atoms with Gasteiger partial charge >= 0.3 is 5.97 Å². The first-order valence-electron chi connectivity index (χ1n) is 14.2. The molecule has 1 heterocycles. The summed E-state index contributed by atoms with van der Waals surface area (Å²) in [6.07, 6.45) is -0.677. The molecule has 1 amide bonds. The summed E-state index contributed by atoms with van der Waals surface area (Å²) in [6.45, 7) is 5.44. The summed E-state index contributed by atoms with van der Waals surface area (Å²) >= 11 is 3.43. The lowest BCUT2D eigenvalue weighted by molar-refractivity contribution is -0.155. The lowest BCUT2D eigenvalue weighted by Gasteiger charge is -2.31. The molecule has 234 valence electrons. The van der Waals surface area contributed by atoms with Gasteiger partial charge in [0.2, 0.25) is 5.90 Å². The molecule has 2 atom stereocenters. The second-order valence-corrected chi connectivity index (χ2v) is 12.3. The van der Waals surface area contributed by atoms with Crippen molar-refractivity contribution < 1.29 is 37.7 Å². The SMILES string of the molecule is CC(C)(C)OC(=O)CC[C@@]1(C(=O)NCc2cc(F)cc(F)c2)N=C(c2ccc(OCCCO)cc2)O[C@@H]1c1ccc(Br)cc1. The van der Waals surface area contributed by atoms with Gasteiger partial charge in [-0.15, -0.1) is 0 Å². The van der Waals surface area contributed by atoms with Gasteiger partial charge in [-0.2, -0.15) is 0 Å². The molecule has 2 N–H and O–H groups in total. The minimum absolute atomic E-state index is 0.0156. The summed E-state index contributed by atoms with van der Waals surface area (Å²) in [4.78, 5) is 31.8. The van der Waals surface area contributed by atoms with Crippen molar-refractivity contribution in [1.29, 1.82) is 0 Å². The van der Waals surface area contributed by atoms with Crippen LogP contribution in [0.25, 0.3) is 0 Å². The predicted octanol–water partition coefficient (Wildman–Crippen LogP) is 6.18. The van der Waals surface area contributed by atoms with Gasteiger partial charge in [0.15, 0.2) is 11.6 Å². The van der Waals surface area contributed by atoms with E-state index >= 15 is 0 Å². The zero-order valence-electron chi connectivity index (χ0n) is 24.7.